The van der Waals surface area contributed by atoms with Gasteiger partial charge >= 0.3 is 0 Å². The highest BCUT2D eigenvalue weighted by Crippen LogP contribution is 2.20. The van der Waals surface area contributed by atoms with Crippen molar-refractivity contribution < 1.29 is 0 Å². The number of hydrogen-bond donors (Lipinski definition) is 0. The topological polar surface area (TPSA) is 23.8 Å². The molecule has 0 N–H and O–H groups in total. The standard InChI is InChI=1S/C11H12BrNS/c1-9-10(4-2-6-11(9)12)5-3-7-14-8-13/h2,4,6H,3,5,7H2,1H3. The number of nitriles is 1. The summed E-state index contributed by atoms with van der Waals surface area (Å²) >= 11 is 4.84. The van der Waals surface area contributed by atoms with Gasteiger partial charge in [0.05, 0.1) is 0 Å². The lowest BCUT2D eigenvalue weighted by atomic mass is 10.1. The van der Waals surface area contributed by atoms with Crippen molar-refractivity contribution in [3.05, 3.63) is 33.8 Å². The molecule has 0 radical (unpaired) electrons. The Morgan fingerprint density at radius 2 is 2.29 bits per heavy atom. The lowest BCUT2D eigenvalue weighted by molar-refractivity contribution is 0.923. The number of thiocyanates is 1. The van der Waals surface area contributed by atoms with Crippen LogP contribution in [-0.4, -0.2) is 5.75 Å². The number of nitrogens with zero attached hydrogens (tertiary/aromatic N) is 1. The molecule has 0 aromatic heterocycles. The van der Waals surface area contributed by atoms with Crippen molar-refractivity contribution in [2.75, 3.05) is 5.75 Å². The van der Waals surface area contributed by atoms with Crippen LogP contribution in [0.1, 0.15) is 17.5 Å². The number of thioether (sulfide) groups is 1. The molecule has 74 valence electrons. The van der Waals surface area contributed by atoms with Crippen LogP contribution in [0.3, 0.4) is 0 Å². The molecule has 0 fully saturated rings. The monoisotopic (exact) mass is 269 g/mol. The molecule has 0 saturated carbocycles. The van der Waals surface area contributed by atoms with Crippen molar-refractivity contribution >= 4 is 27.7 Å². The molecule has 0 saturated heterocycles. The van der Waals surface area contributed by atoms with E-state index in [1.165, 1.54) is 27.4 Å². The van der Waals surface area contributed by atoms with Crippen LogP contribution in [0.15, 0.2) is 22.7 Å². The van der Waals surface area contributed by atoms with E-state index in [0.29, 0.717) is 0 Å². The van der Waals surface area contributed by atoms with Gasteiger partial charge in [0.2, 0.25) is 0 Å². The summed E-state index contributed by atoms with van der Waals surface area (Å²) in [5.41, 5.74) is 2.69. The van der Waals surface area contributed by atoms with E-state index >= 15 is 0 Å². The van der Waals surface area contributed by atoms with E-state index in [0.717, 1.165) is 18.6 Å². The number of benzene rings is 1. The minimum Gasteiger partial charge on any atom is -0.185 e. The normalized spacial score (nSPS) is 9.79. The summed E-state index contributed by atoms with van der Waals surface area (Å²) in [6.45, 7) is 2.12. The van der Waals surface area contributed by atoms with E-state index < -0.39 is 0 Å². The van der Waals surface area contributed by atoms with Crippen molar-refractivity contribution in [3.63, 3.8) is 0 Å². The number of halogens is 1. The summed E-state index contributed by atoms with van der Waals surface area (Å²) in [4.78, 5) is 0. The second-order valence-corrected chi connectivity index (χ2v) is 4.80. The molecule has 1 rings (SSSR count). The molecule has 0 unspecified atom stereocenters. The summed E-state index contributed by atoms with van der Waals surface area (Å²) < 4.78 is 1.17. The zero-order chi connectivity index (χ0) is 10.4. The van der Waals surface area contributed by atoms with Gasteiger partial charge in [-0.2, -0.15) is 5.26 Å². The Labute approximate surface area is 97.6 Å². The van der Waals surface area contributed by atoms with Gasteiger partial charge in [0.1, 0.15) is 5.40 Å². The van der Waals surface area contributed by atoms with E-state index in [9.17, 15) is 0 Å². The quantitative estimate of drug-likeness (QED) is 0.612. The van der Waals surface area contributed by atoms with Crippen molar-refractivity contribution in [2.45, 2.75) is 19.8 Å². The maximum absolute atomic E-state index is 8.37. The summed E-state index contributed by atoms with van der Waals surface area (Å²) in [5.74, 6) is 0.919. The van der Waals surface area contributed by atoms with E-state index in [1.54, 1.807) is 0 Å². The summed E-state index contributed by atoms with van der Waals surface area (Å²) in [6.07, 6.45) is 2.12. The minimum atomic E-state index is 0.919. The van der Waals surface area contributed by atoms with Gasteiger partial charge in [0, 0.05) is 10.2 Å². The third kappa shape index (κ3) is 3.36. The minimum absolute atomic E-state index is 0.919. The molecule has 1 aromatic carbocycles. The van der Waals surface area contributed by atoms with Crippen LogP contribution >= 0.6 is 27.7 Å². The van der Waals surface area contributed by atoms with Crippen molar-refractivity contribution in [1.82, 2.24) is 0 Å². The second-order valence-electron chi connectivity index (χ2n) is 3.07. The van der Waals surface area contributed by atoms with Crippen LogP contribution in [0.4, 0.5) is 0 Å². The molecule has 1 nitrogen and oxygen atoms in total. The molecule has 3 heteroatoms. The lowest BCUT2D eigenvalue weighted by Crippen LogP contribution is -1.91. The van der Waals surface area contributed by atoms with Gasteiger partial charge < -0.3 is 0 Å². The fraction of sp³-hybridized carbons (Fsp3) is 0.364. The Morgan fingerprint density at radius 3 is 3.00 bits per heavy atom. The third-order valence-corrected chi connectivity index (χ3v) is 3.62. The van der Waals surface area contributed by atoms with Gasteiger partial charge in [-0.1, -0.05) is 28.1 Å². The first kappa shape index (κ1) is 11.6. The Balaban J connectivity index is 2.51. The average Bonchev–Trinajstić information content (AvgIpc) is 2.19. The Hall–Kier alpha value is -0.460. The summed E-state index contributed by atoms with van der Waals surface area (Å²) in [5, 5.41) is 10.5. The highest BCUT2D eigenvalue weighted by Gasteiger charge is 2.00. The fourth-order valence-corrected chi connectivity index (χ4v) is 2.09. The summed E-state index contributed by atoms with van der Waals surface area (Å²) in [7, 11) is 0. The van der Waals surface area contributed by atoms with Crippen LogP contribution in [0.25, 0.3) is 0 Å². The predicted octanol–water partition coefficient (Wildman–Crippen LogP) is 3.90. The number of aryl methyl sites for hydroxylation is 1. The SMILES string of the molecule is Cc1c(Br)cccc1CCCSC#N. The van der Waals surface area contributed by atoms with Crippen LogP contribution in [0.5, 0.6) is 0 Å². The van der Waals surface area contributed by atoms with Crippen LogP contribution in [0, 0.1) is 17.6 Å². The summed E-state index contributed by atoms with van der Waals surface area (Å²) in [6, 6.07) is 6.27. The van der Waals surface area contributed by atoms with E-state index in [4.69, 9.17) is 5.26 Å². The molecule has 1 aromatic rings. The van der Waals surface area contributed by atoms with Crippen LogP contribution < -0.4 is 0 Å². The zero-order valence-corrected chi connectivity index (χ0v) is 10.5. The van der Waals surface area contributed by atoms with Crippen molar-refractivity contribution in [2.24, 2.45) is 0 Å². The van der Waals surface area contributed by atoms with E-state index in [1.807, 2.05) is 0 Å². The first-order chi connectivity index (χ1) is 6.75. The number of hydrogen-bond acceptors (Lipinski definition) is 2. The van der Waals surface area contributed by atoms with E-state index in [2.05, 4.69) is 46.5 Å². The molecule has 0 heterocycles. The van der Waals surface area contributed by atoms with Gasteiger partial charge in [-0.05, 0) is 48.7 Å². The first-order valence-corrected chi connectivity index (χ1v) is 6.28. The molecule has 14 heavy (non-hydrogen) atoms. The average molecular weight is 270 g/mol. The highest BCUT2D eigenvalue weighted by atomic mass is 79.9. The maximum Gasteiger partial charge on any atom is 0.133 e. The largest absolute Gasteiger partial charge is 0.185 e. The molecule has 0 amide bonds. The van der Waals surface area contributed by atoms with Gasteiger partial charge in [-0.3, -0.25) is 0 Å². The second kappa shape index (κ2) is 6.10. The maximum atomic E-state index is 8.37. The zero-order valence-electron chi connectivity index (χ0n) is 8.09. The van der Waals surface area contributed by atoms with Crippen molar-refractivity contribution in [1.29, 1.82) is 5.26 Å². The van der Waals surface area contributed by atoms with Gasteiger partial charge in [-0.15, -0.1) is 0 Å². The Kier molecular flexibility index (Phi) is 5.06. The smallest absolute Gasteiger partial charge is 0.133 e. The predicted molar refractivity (Wildman–Crippen MR) is 65.3 cm³/mol. The molecule has 0 bridgehead atoms. The Bertz CT molecular complexity index is 344. The van der Waals surface area contributed by atoms with Gasteiger partial charge in [0.25, 0.3) is 0 Å². The van der Waals surface area contributed by atoms with Crippen LogP contribution in [-0.2, 0) is 6.42 Å². The molecule has 0 spiro atoms. The van der Waals surface area contributed by atoms with Gasteiger partial charge in [0.15, 0.2) is 0 Å². The molecular weight excluding hydrogens is 258 g/mol. The fourth-order valence-electron chi connectivity index (χ4n) is 1.30. The molecule has 0 aliphatic rings. The lowest BCUT2D eigenvalue weighted by Gasteiger charge is -2.06. The number of rotatable bonds is 4. The van der Waals surface area contributed by atoms with Crippen molar-refractivity contribution in [3.8, 4) is 5.40 Å². The van der Waals surface area contributed by atoms with Crippen LogP contribution in [0.2, 0.25) is 0 Å². The van der Waals surface area contributed by atoms with Gasteiger partial charge in [-0.25, -0.2) is 0 Å². The highest BCUT2D eigenvalue weighted by molar-refractivity contribution is 9.10. The molecule has 0 aliphatic carbocycles. The van der Waals surface area contributed by atoms with E-state index in [-0.39, 0.29) is 0 Å². The molecular formula is C11H12BrNS. The molecule has 0 aliphatic heterocycles. The first-order valence-electron chi connectivity index (χ1n) is 4.50. The Morgan fingerprint density at radius 1 is 1.50 bits per heavy atom. The molecule has 0 atom stereocenters. The third-order valence-electron chi connectivity index (χ3n) is 2.14.